The molecule has 3 heterocycles. The van der Waals surface area contributed by atoms with Gasteiger partial charge in [0, 0.05) is 31.9 Å². The van der Waals surface area contributed by atoms with Gasteiger partial charge in [-0.15, -0.1) is 0 Å². The number of halogens is 7. The zero-order chi connectivity index (χ0) is 28.6. The van der Waals surface area contributed by atoms with Gasteiger partial charge in [0.25, 0.3) is 0 Å². The van der Waals surface area contributed by atoms with Gasteiger partial charge < -0.3 is 24.3 Å². The van der Waals surface area contributed by atoms with Crippen LogP contribution in [0, 0.1) is 5.82 Å². The highest BCUT2D eigenvalue weighted by Crippen LogP contribution is 2.32. The summed E-state index contributed by atoms with van der Waals surface area (Å²) in [6.07, 6.45) is -6.34. The third-order valence-electron chi connectivity index (χ3n) is 5.48. The number of hydrogen-bond donors (Lipinski definition) is 2. The zero-order valence-electron chi connectivity index (χ0n) is 19.8. The lowest BCUT2D eigenvalue weighted by Gasteiger charge is -2.48. The van der Waals surface area contributed by atoms with E-state index in [1.807, 2.05) is 18.2 Å². The van der Waals surface area contributed by atoms with Crippen LogP contribution < -0.4 is 4.90 Å². The summed E-state index contributed by atoms with van der Waals surface area (Å²) in [6.45, 7) is 5.12. The maximum absolute atomic E-state index is 13.6. The van der Waals surface area contributed by atoms with Crippen LogP contribution in [0.3, 0.4) is 0 Å². The lowest BCUT2D eigenvalue weighted by molar-refractivity contribution is -0.193. The van der Waals surface area contributed by atoms with E-state index in [9.17, 15) is 30.7 Å². The number of hydrogen-bond acceptors (Lipinski definition) is 6. The first-order valence-electron chi connectivity index (χ1n) is 11.1. The first kappa shape index (κ1) is 30.9. The van der Waals surface area contributed by atoms with Crippen LogP contribution in [0.4, 0.5) is 36.4 Å². The molecule has 15 heteroatoms. The molecule has 38 heavy (non-hydrogen) atoms. The Balaban J connectivity index is 0.000000301. The molecule has 2 aliphatic heterocycles. The third kappa shape index (κ3) is 9.85. The molecule has 1 atom stereocenters. The fourth-order valence-electron chi connectivity index (χ4n) is 3.92. The number of anilines is 1. The molecule has 212 valence electrons. The van der Waals surface area contributed by atoms with Gasteiger partial charge in [0.2, 0.25) is 0 Å². The van der Waals surface area contributed by atoms with E-state index < -0.39 is 24.3 Å². The van der Waals surface area contributed by atoms with Crippen molar-refractivity contribution in [1.82, 2.24) is 4.90 Å². The lowest BCUT2D eigenvalue weighted by Crippen LogP contribution is -2.59. The summed E-state index contributed by atoms with van der Waals surface area (Å²) in [5.41, 5.74) is 0.774. The van der Waals surface area contributed by atoms with Crippen molar-refractivity contribution in [1.29, 1.82) is 0 Å². The minimum absolute atomic E-state index is 0.171. The quantitative estimate of drug-likeness (QED) is 0.529. The summed E-state index contributed by atoms with van der Waals surface area (Å²) in [4.78, 5) is 22.4. The van der Waals surface area contributed by atoms with Crippen molar-refractivity contribution in [2.24, 2.45) is 0 Å². The first-order valence-corrected chi connectivity index (χ1v) is 11.1. The molecule has 4 rings (SSSR count). The van der Waals surface area contributed by atoms with Crippen molar-refractivity contribution < 1.29 is 59.7 Å². The molecule has 2 fully saturated rings. The predicted molar refractivity (Wildman–Crippen MR) is 118 cm³/mol. The van der Waals surface area contributed by atoms with Crippen LogP contribution in [0.15, 0.2) is 47.1 Å². The smallest absolute Gasteiger partial charge is 0.475 e. The van der Waals surface area contributed by atoms with Gasteiger partial charge in [0.15, 0.2) is 0 Å². The largest absolute Gasteiger partial charge is 0.490 e. The summed E-state index contributed by atoms with van der Waals surface area (Å²) < 4.78 is 88.7. The number of nitrogens with zero attached hydrogens (tertiary/aromatic N) is 2. The average molecular weight is 558 g/mol. The summed E-state index contributed by atoms with van der Waals surface area (Å²) in [5.74, 6) is -4.71. The number of alkyl halides is 6. The van der Waals surface area contributed by atoms with Crippen LogP contribution >= 0.6 is 0 Å². The van der Waals surface area contributed by atoms with Gasteiger partial charge in [-0.25, -0.2) is 14.0 Å². The monoisotopic (exact) mass is 558 g/mol. The number of carbonyl (C=O) groups is 2. The Morgan fingerprint density at radius 2 is 1.58 bits per heavy atom. The van der Waals surface area contributed by atoms with Crippen molar-refractivity contribution in [2.45, 2.75) is 37.3 Å². The van der Waals surface area contributed by atoms with Crippen molar-refractivity contribution in [2.75, 3.05) is 37.7 Å². The highest BCUT2D eigenvalue weighted by Gasteiger charge is 2.41. The van der Waals surface area contributed by atoms with Gasteiger partial charge in [-0.2, -0.15) is 26.3 Å². The number of rotatable bonds is 3. The van der Waals surface area contributed by atoms with E-state index in [0.29, 0.717) is 0 Å². The number of piperidine rings is 1. The van der Waals surface area contributed by atoms with Crippen molar-refractivity contribution >= 4 is 17.6 Å². The van der Waals surface area contributed by atoms with Crippen LogP contribution in [-0.2, 0) is 20.9 Å². The van der Waals surface area contributed by atoms with E-state index in [2.05, 4.69) is 9.80 Å². The number of ether oxygens (including phenoxy) is 1. The second-order valence-electron chi connectivity index (χ2n) is 8.43. The second-order valence-corrected chi connectivity index (χ2v) is 8.43. The fraction of sp³-hybridized carbons (Fsp3) is 0.478. The molecule has 2 N–H and O–H groups in total. The average Bonchev–Trinajstić information content (AvgIpc) is 3.32. The Bertz CT molecular complexity index is 1020. The second kappa shape index (κ2) is 13.0. The lowest BCUT2D eigenvalue weighted by atomic mass is 9.90. The van der Waals surface area contributed by atoms with E-state index in [1.54, 1.807) is 18.4 Å². The molecule has 1 spiro atoms. The van der Waals surface area contributed by atoms with E-state index in [1.165, 1.54) is 6.07 Å². The van der Waals surface area contributed by atoms with Gasteiger partial charge in [-0.05, 0) is 43.2 Å². The molecule has 1 aromatic carbocycles. The number of aliphatic carboxylic acids is 2. The first-order chi connectivity index (χ1) is 17.6. The summed E-state index contributed by atoms with van der Waals surface area (Å²) in [7, 11) is 0. The molecule has 2 saturated heterocycles. The molecule has 0 saturated carbocycles. The highest BCUT2D eigenvalue weighted by atomic mass is 19.4. The van der Waals surface area contributed by atoms with E-state index in [0.717, 1.165) is 63.6 Å². The van der Waals surface area contributed by atoms with Gasteiger partial charge in [0.1, 0.15) is 11.6 Å². The Kier molecular flexibility index (Phi) is 10.5. The standard InChI is InChI=1S/C19H23FN2O2.2C2HF3O2/c20-16-4-1-5-17(12-16)22-8-3-7-19(15-22)14-21(9-11-24-19)13-18-6-2-10-23-18;2*3-2(4,5)1(6)7/h1-2,4-6,10,12H,3,7-9,11,13-15H2;2*(H,6,7). The zero-order valence-corrected chi connectivity index (χ0v) is 19.8. The van der Waals surface area contributed by atoms with Crippen LogP contribution in [-0.4, -0.2) is 77.8 Å². The number of furan rings is 1. The molecule has 0 bridgehead atoms. The Morgan fingerprint density at radius 1 is 0.947 bits per heavy atom. The Morgan fingerprint density at radius 3 is 2.11 bits per heavy atom. The molecule has 2 aromatic rings. The Hall–Kier alpha value is -3.33. The molecular formula is C23H25F7N2O6. The maximum atomic E-state index is 13.6. The normalized spacial score (nSPS) is 20.1. The van der Waals surface area contributed by atoms with Crippen LogP contribution in [0.5, 0.6) is 0 Å². The molecule has 0 amide bonds. The third-order valence-corrected chi connectivity index (χ3v) is 5.48. The van der Waals surface area contributed by atoms with Crippen LogP contribution in [0.25, 0.3) is 0 Å². The summed E-state index contributed by atoms with van der Waals surface area (Å²) in [5, 5.41) is 14.2. The van der Waals surface area contributed by atoms with E-state index in [4.69, 9.17) is 29.0 Å². The van der Waals surface area contributed by atoms with E-state index >= 15 is 0 Å². The predicted octanol–water partition coefficient (Wildman–Crippen LogP) is 4.56. The highest BCUT2D eigenvalue weighted by molar-refractivity contribution is 5.73. The molecule has 0 aliphatic carbocycles. The van der Waals surface area contributed by atoms with Crippen LogP contribution in [0.2, 0.25) is 0 Å². The van der Waals surface area contributed by atoms with Crippen molar-refractivity contribution in [3.63, 3.8) is 0 Å². The van der Waals surface area contributed by atoms with Gasteiger partial charge in [-0.1, -0.05) is 6.07 Å². The van der Waals surface area contributed by atoms with Crippen molar-refractivity contribution in [3.8, 4) is 0 Å². The van der Waals surface area contributed by atoms with Gasteiger partial charge in [0.05, 0.1) is 25.0 Å². The summed E-state index contributed by atoms with van der Waals surface area (Å²) in [6, 6.07) is 10.8. The van der Waals surface area contributed by atoms with Gasteiger partial charge >= 0.3 is 24.3 Å². The molecule has 8 nitrogen and oxygen atoms in total. The SMILES string of the molecule is Fc1cccc(N2CCCC3(CN(Cc4ccco4)CCO3)C2)c1.O=C(O)C(F)(F)F.O=C(O)C(F)(F)F. The minimum atomic E-state index is -5.08. The number of carboxylic acids is 2. The summed E-state index contributed by atoms with van der Waals surface area (Å²) >= 11 is 0. The molecule has 1 aromatic heterocycles. The maximum Gasteiger partial charge on any atom is 0.490 e. The van der Waals surface area contributed by atoms with E-state index in [-0.39, 0.29) is 11.4 Å². The van der Waals surface area contributed by atoms with Crippen LogP contribution in [0.1, 0.15) is 18.6 Å². The van der Waals surface area contributed by atoms with Crippen molar-refractivity contribution in [3.05, 3.63) is 54.2 Å². The fourth-order valence-corrected chi connectivity index (χ4v) is 3.92. The number of morpholine rings is 1. The molecule has 2 aliphatic rings. The minimum Gasteiger partial charge on any atom is -0.475 e. The molecule has 1 unspecified atom stereocenters. The van der Waals surface area contributed by atoms with Gasteiger partial charge in [-0.3, -0.25) is 4.90 Å². The number of benzene rings is 1. The molecular weight excluding hydrogens is 533 g/mol. The molecule has 0 radical (unpaired) electrons. The topological polar surface area (TPSA) is 103 Å². The number of carboxylic acid groups (broad SMARTS) is 2. The Labute approximate surface area is 212 Å².